The van der Waals surface area contributed by atoms with Gasteiger partial charge in [0.15, 0.2) is 0 Å². The smallest absolute Gasteiger partial charge is 0.265 e. The molecule has 4 rings (SSSR count). The highest BCUT2D eigenvalue weighted by atomic mass is 32.2. The van der Waals surface area contributed by atoms with Crippen LogP contribution >= 0.6 is 0 Å². The predicted molar refractivity (Wildman–Crippen MR) is 131 cm³/mol. The molecule has 8 heteroatoms. The number of aryl methyl sites for hydroxylation is 2. The van der Waals surface area contributed by atoms with E-state index < -0.39 is 10.0 Å². The van der Waals surface area contributed by atoms with Crippen LogP contribution in [0.3, 0.4) is 0 Å². The maximum atomic E-state index is 13.2. The molecule has 0 fully saturated rings. The first-order chi connectivity index (χ1) is 15.7. The third-order valence-electron chi connectivity index (χ3n) is 5.61. The van der Waals surface area contributed by atoms with Crippen molar-refractivity contribution in [3.05, 3.63) is 93.8 Å². The number of rotatable bonds is 5. The van der Waals surface area contributed by atoms with E-state index in [4.69, 9.17) is 0 Å². The molecule has 0 atom stereocenters. The Hall–Kier alpha value is -3.75. The summed E-state index contributed by atoms with van der Waals surface area (Å²) in [5, 5.41) is 12.1. The molecule has 0 bridgehead atoms. The number of aromatic hydroxyl groups is 1. The summed E-state index contributed by atoms with van der Waals surface area (Å²) >= 11 is 0. The molecule has 3 aromatic carbocycles. The van der Waals surface area contributed by atoms with Gasteiger partial charge in [0.05, 0.1) is 21.8 Å². The van der Waals surface area contributed by atoms with Crippen LogP contribution < -0.4 is 10.3 Å². The van der Waals surface area contributed by atoms with Gasteiger partial charge in [-0.1, -0.05) is 24.3 Å². The molecule has 0 aliphatic carbocycles. The highest BCUT2D eigenvalue weighted by Gasteiger charge is 2.17. The first-order valence-corrected chi connectivity index (χ1v) is 11.7. The van der Waals surface area contributed by atoms with Crippen LogP contribution in [-0.4, -0.2) is 31.4 Å². The van der Waals surface area contributed by atoms with E-state index in [1.165, 1.54) is 30.0 Å². The van der Waals surface area contributed by atoms with Crippen molar-refractivity contribution in [3.63, 3.8) is 0 Å². The van der Waals surface area contributed by atoms with E-state index in [1.54, 1.807) is 42.5 Å². The number of fused-ring (bicyclic) bond motifs is 1. The summed E-state index contributed by atoms with van der Waals surface area (Å²) in [5.41, 5.74) is 3.19. The molecule has 0 unspecified atom stereocenters. The molecule has 0 saturated carbocycles. The second-order valence-corrected chi connectivity index (χ2v) is 9.54. The van der Waals surface area contributed by atoms with Gasteiger partial charge in [-0.15, -0.1) is 0 Å². The molecule has 33 heavy (non-hydrogen) atoms. The van der Waals surface area contributed by atoms with Crippen molar-refractivity contribution in [3.8, 4) is 11.6 Å². The fourth-order valence-corrected chi connectivity index (χ4v) is 4.29. The zero-order chi connectivity index (χ0) is 23.8. The molecule has 1 aromatic heterocycles. The molecule has 0 spiro atoms. The standard InChI is InChI=1S/C25H23N3O4S/c1-16-8-11-19(14-17(16)2)28-24(29)22-7-5-4-6-21(22)23(25(28)30)15-27-18-9-12-20(13-10-18)33(31,32)26-3/h4-15,26,30H,1-3H3. The Labute approximate surface area is 191 Å². The molecule has 168 valence electrons. The maximum absolute atomic E-state index is 13.2. The summed E-state index contributed by atoms with van der Waals surface area (Å²) in [6.07, 6.45) is 1.48. The Morgan fingerprint density at radius 2 is 1.61 bits per heavy atom. The summed E-state index contributed by atoms with van der Waals surface area (Å²) in [7, 11) is -2.20. The van der Waals surface area contributed by atoms with Crippen molar-refractivity contribution in [1.82, 2.24) is 9.29 Å². The van der Waals surface area contributed by atoms with Gasteiger partial charge >= 0.3 is 0 Å². The molecule has 2 N–H and O–H groups in total. The highest BCUT2D eigenvalue weighted by Crippen LogP contribution is 2.27. The van der Waals surface area contributed by atoms with Crippen molar-refractivity contribution in [2.75, 3.05) is 7.05 Å². The number of nitrogens with one attached hydrogen (secondary N) is 1. The minimum Gasteiger partial charge on any atom is -0.494 e. The zero-order valence-electron chi connectivity index (χ0n) is 18.4. The fourth-order valence-electron chi connectivity index (χ4n) is 3.56. The Morgan fingerprint density at radius 1 is 0.939 bits per heavy atom. The van der Waals surface area contributed by atoms with Gasteiger partial charge in [-0.2, -0.15) is 0 Å². The quantitative estimate of drug-likeness (QED) is 0.439. The van der Waals surface area contributed by atoms with Crippen molar-refractivity contribution in [1.29, 1.82) is 0 Å². The van der Waals surface area contributed by atoms with E-state index in [2.05, 4.69) is 9.71 Å². The predicted octanol–water partition coefficient (Wildman–Crippen LogP) is 3.97. The third-order valence-corrected chi connectivity index (χ3v) is 7.04. The number of sulfonamides is 1. The van der Waals surface area contributed by atoms with Crippen LogP contribution in [-0.2, 0) is 10.0 Å². The van der Waals surface area contributed by atoms with E-state index in [-0.39, 0.29) is 16.3 Å². The third kappa shape index (κ3) is 4.18. The topological polar surface area (TPSA) is 101 Å². The molecule has 0 aliphatic heterocycles. The second kappa shape index (κ2) is 8.65. The van der Waals surface area contributed by atoms with Crippen LogP contribution in [0.25, 0.3) is 16.5 Å². The minimum atomic E-state index is -3.55. The van der Waals surface area contributed by atoms with Crippen molar-refractivity contribution in [2.45, 2.75) is 18.7 Å². The lowest BCUT2D eigenvalue weighted by atomic mass is 10.1. The van der Waals surface area contributed by atoms with E-state index in [0.29, 0.717) is 27.7 Å². The lowest BCUT2D eigenvalue weighted by Gasteiger charge is -2.14. The van der Waals surface area contributed by atoms with E-state index in [1.807, 2.05) is 26.0 Å². The van der Waals surface area contributed by atoms with Crippen molar-refractivity contribution in [2.24, 2.45) is 4.99 Å². The van der Waals surface area contributed by atoms with E-state index in [0.717, 1.165) is 11.1 Å². The Bertz CT molecular complexity index is 1550. The second-order valence-electron chi connectivity index (χ2n) is 7.65. The van der Waals surface area contributed by atoms with E-state index >= 15 is 0 Å². The number of aliphatic imine (C=N–C) groups is 1. The van der Waals surface area contributed by atoms with Crippen LogP contribution in [0.1, 0.15) is 16.7 Å². The molecule has 0 aliphatic rings. The molecule has 7 nitrogen and oxygen atoms in total. The van der Waals surface area contributed by atoms with Gasteiger partial charge in [0.25, 0.3) is 5.56 Å². The summed E-state index contributed by atoms with van der Waals surface area (Å²) < 4.78 is 27.4. The zero-order valence-corrected chi connectivity index (χ0v) is 19.2. The van der Waals surface area contributed by atoms with Gasteiger partial charge in [-0.05, 0) is 74.5 Å². The number of nitrogens with zero attached hydrogens (tertiary/aromatic N) is 2. The van der Waals surface area contributed by atoms with Gasteiger partial charge in [0.2, 0.25) is 15.9 Å². The van der Waals surface area contributed by atoms with Gasteiger partial charge in [-0.3, -0.25) is 9.79 Å². The van der Waals surface area contributed by atoms with Gasteiger partial charge in [0, 0.05) is 17.0 Å². The van der Waals surface area contributed by atoms with E-state index in [9.17, 15) is 18.3 Å². The van der Waals surface area contributed by atoms with Crippen LogP contribution in [0.5, 0.6) is 5.88 Å². The fraction of sp³-hybridized carbons (Fsp3) is 0.120. The lowest BCUT2D eigenvalue weighted by molar-refractivity contribution is 0.436. The molecule has 1 heterocycles. The summed E-state index contributed by atoms with van der Waals surface area (Å²) in [5.74, 6) is -0.222. The van der Waals surface area contributed by atoms with Crippen molar-refractivity contribution < 1.29 is 13.5 Å². The Kier molecular flexibility index (Phi) is 5.88. The molecular weight excluding hydrogens is 438 g/mol. The average Bonchev–Trinajstić information content (AvgIpc) is 2.81. The number of benzene rings is 3. The average molecular weight is 462 g/mol. The molecular formula is C25H23N3O4S. The molecule has 0 saturated heterocycles. The van der Waals surface area contributed by atoms with Crippen LogP contribution in [0.2, 0.25) is 0 Å². The normalized spacial score (nSPS) is 12.0. The van der Waals surface area contributed by atoms with Crippen LogP contribution in [0.4, 0.5) is 5.69 Å². The number of hydrogen-bond donors (Lipinski definition) is 2. The van der Waals surface area contributed by atoms with Crippen molar-refractivity contribution >= 4 is 32.7 Å². The first-order valence-electron chi connectivity index (χ1n) is 10.2. The Balaban J connectivity index is 1.87. The number of pyridine rings is 1. The minimum absolute atomic E-state index is 0.125. The summed E-state index contributed by atoms with van der Waals surface area (Å²) in [4.78, 5) is 17.8. The number of hydrogen-bond acceptors (Lipinski definition) is 5. The van der Waals surface area contributed by atoms with Gasteiger partial charge < -0.3 is 5.11 Å². The summed E-state index contributed by atoms with van der Waals surface area (Å²) in [6.45, 7) is 3.93. The SMILES string of the molecule is CNS(=O)(=O)c1ccc(N=Cc2c(O)n(-c3ccc(C)c(C)c3)c(=O)c3ccccc23)cc1. The molecule has 0 radical (unpaired) electrons. The first kappa shape index (κ1) is 22.4. The van der Waals surface area contributed by atoms with Gasteiger partial charge in [0.1, 0.15) is 0 Å². The molecule has 4 aromatic rings. The monoisotopic (exact) mass is 461 g/mol. The summed E-state index contributed by atoms with van der Waals surface area (Å²) in [6, 6.07) is 18.6. The Morgan fingerprint density at radius 3 is 2.24 bits per heavy atom. The van der Waals surface area contributed by atoms with Crippen LogP contribution in [0, 0.1) is 13.8 Å². The maximum Gasteiger partial charge on any atom is 0.265 e. The largest absolute Gasteiger partial charge is 0.494 e. The molecule has 0 amide bonds. The van der Waals surface area contributed by atoms with Crippen LogP contribution in [0.15, 0.2) is 81.4 Å². The highest BCUT2D eigenvalue weighted by molar-refractivity contribution is 7.89. The number of aromatic nitrogens is 1. The van der Waals surface area contributed by atoms with Gasteiger partial charge in [-0.25, -0.2) is 17.7 Å². The lowest BCUT2D eigenvalue weighted by Crippen LogP contribution is -2.20.